The molecular weight excluding hydrogens is 316 g/mol. The van der Waals surface area contributed by atoms with Gasteiger partial charge in [0.25, 0.3) is 0 Å². The first-order valence-corrected chi connectivity index (χ1v) is 9.00. The van der Waals surface area contributed by atoms with Gasteiger partial charge in [0.05, 0.1) is 6.54 Å². The summed E-state index contributed by atoms with van der Waals surface area (Å²) < 4.78 is 5.89. The van der Waals surface area contributed by atoms with Crippen molar-refractivity contribution < 1.29 is 9.53 Å². The molecular formula is C19H30N4O2. The fourth-order valence-corrected chi connectivity index (χ4v) is 3.05. The minimum Gasteiger partial charge on any atom is -0.489 e. The van der Waals surface area contributed by atoms with E-state index >= 15 is 0 Å². The molecule has 25 heavy (non-hydrogen) atoms. The van der Waals surface area contributed by atoms with Crippen LogP contribution in [-0.4, -0.2) is 56.6 Å². The van der Waals surface area contributed by atoms with E-state index in [2.05, 4.69) is 20.5 Å². The third kappa shape index (κ3) is 6.29. The summed E-state index contributed by atoms with van der Waals surface area (Å²) in [6, 6.07) is 9.84. The maximum Gasteiger partial charge on any atom is 0.220 e. The number of likely N-dealkylation sites (tertiary alicyclic amines) is 1. The van der Waals surface area contributed by atoms with Crippen LogP contribution in [0.5, 0.6) is 5.75 Å². The van der Waals surface area contributed by atoms with Gasteiger partial charge in [0.15, 0.2) is 5.96 Å². The lowest BCUT2D eigenvalue weighted by Crippen LogP contribution is -2.48. The average Bonchev–Trinajstić information content (AvgIpc) is 2.64. The quantitative estimate of drug-likeness (QED) is 0.610. The molecule has 138 valence electrons. The Hall–Kier alpha value is -2.24. The Labute approximate surface area is 150 Å². The summed E-state index contributed by atoms with van der Waals surface area (Å²) in [5.74, 6) is 2.38. The van der Waals surface area contributed by atoms with Gasteiger partial charge >= 0.3 is 0 Å². The molecule has 1 atom stereocenters. The number of piperidine rings is 1. The summed E-state index contributed by atoms with van der Waals surface area (Å²) in [6.07, 6.45) is 2.71. The van der Waals surface area contributed by atoms with E-state index in [0.717, 1.165) is 37.6 Å². The van der Waals surface area contributed by atoms with Crippen molar-refractivity contribution in [3.05, 3.63) is 30.3 Å². The molecule has 2 rings (SSSR count). The van der Waals surface area contributed by atoms with Gasteiger partial charge in [-0.25, -0.2) is 0 Å². The van der Waals surface area contributed by atoms with E-state index in [-0.39, 0.29) is 12.0 Å². The van der Waals surface area contributed by atoms with Crippen molar-refractivity contribution in [1.82, 2.24) is 15.5 Å². The second-order valence-electron chi connectivity index (χ2n) is 6.48. The van der Waals surface area contributed by atoms with E-state index in [1.807, 2.05) is 44.3 Å². The molecule has 0 aromatic heterocycles. The number of aliphatic imine (C=N–C) groups is 1. The van der Waals surface area contributed by atoms with Gasteiger partial charge < -0.3 is 20.3 Å². The van der Waals surface area contributed by atoms with Crippen LogP contribution >= 0.6 is 0 Å². The van der Waals surface area contributed by atoms with Crippen molar-refractivity contribution >= 4 is 11.9 Å². The van der Waals surface area contributed by atoms with Crippen molar-refractivity contribution in [3.8, 4) is 5.75 Å². The number of hydrogen-bond acceptors (Lipinski definition) is 3. The van der Waals surface area contributed by atoms with Gasteiger partial charge in [0.1, 0.15) is 11.9 Å². The molecule has 1 amide bonds. The zero-order valence-corrected chi connectivity index (χ0v) is 15.5. The third-order valence-electron chi connectivity index (χ3n) is 4.51. The van der Waals surface area contributed by atoms with Crippen LogP contribution in [0.4, 0.5) is 0 Å². The Morgan fingerprint density at radius 1 is 1.32 bits per heavy atom. The van der Waals surface area contributed by atoms with Gasteiger partial charge in [-0.2, -0.15) is 0 Å². The number of guanidine groups is 1. The third-order valence-corrected chi connectivity index (χ3v) is 4.51. The van der Waals surface area contributed by atoms with Crippen LogP contribution < -0.4 is 15.4 Å². The van der Waals surface area contributed by atoms with Gasteiger partial charge in [-0.15, -0.1) is 0 Å². The molecule has 6 heteroatoms. The maximum atomic E-state index is 11.5. The lowest BCUT2D eigenvalue weighted by Gasteiger charge is -2.34. The zero-order valence-electron chi connectivity index (χ0n) is 15.5. The van der Waals surface area contributed by atoms with E-state index in [1.54, 1.807) is 7.05 Å². The fourth-order valence-electron chi connectivity index (χ4n) is 3.05. The Bertz CT molecular complexity index is 554. The van der Waals surface area contributed by atoms with Crippen LogP contribution in [-0.2, 0) is 4.79 Å². The first-order valence-electron chi connectivity index (χ1n) is 9.00. The number of nitrogens with zero attached hydrogens (tertiary/aromatic N) is 2. The fraction of sp³-hybridized carbons (Fsp3) is 0.579. The molecule has 1 saturated heterocycles. The van der Waals surface area contributed by atoms with Gasteiger partial charge in [0.2, 0.25) is 5.91 Å². The number of nitrogens with one attached hydrogen (secondary N) is 2. The lowest BCUT2D eigenvalue weighted by molar-refractivity contribution is -0.121. The molecule has 1 heterocycles. The SMILES string of the molecule is CN=C(NCC(C)Oc1ccccc1)N1CCC(CC(=O)NC)CC1. The van der Waals surface area contributed by atoms with Gasteiger partial charge in [-0.1, -0.05) is 18.2 Å². The number of benzene rings is 1. The van der Waals surface area contributed by atoms with E-state index < -0.39 is 0 Å². The molecule has 1 unspecified atom stereocenters. The summed E-state index contributed by atoms with van der Waals surface area (Å²) >= 11 is 0. The highest BCUT2D eigenvalue weighted by molar-refractivity contribution is 5.80. The molecule has 0 bridgehead atoms. The van der Waals surface area contributed by atoms with Crippen molar-refractivity contribution in [3.63, 3.8) is 0 Å². The Morgan fingerprint density at radius 3 is 2.60 bits per heavy atom. The van der Waals surface area contributed by atoms with Crippen LogP contribution in [0.1, 0.15) is 26.2 Å². The summed E-state index contributed by atoms with van der Waals surface area (Å²) in [7, 11) is 3.50. The minimum atomic E-state index is 0.0462. The van der Waals surface area contributed by atoms with Crippen molar-refractivity contribution in [1.29, 1.82) is 0 Å². The topological polar surface area (TPSA) is 66.0 Å². The number of ether oxygens (including phenoxy) is 1. The smallest absolute Gasteiger partial charge is 0.220 e. The lowest BCUT2D eigenvalue weighted by atomic mass is 9.93. The summed E-state index contributed by atoms with van der Waals surface area (Å²) in [5, 5.41) is 6.11. The molecule has 2 N–H and O–H groups in total. The first-order chi connectivity index (χ1) is 12.1. The second-order valence-corrected chi connectivity index (χ2v) is 6.48. The highest BCUT2D eigenvalue weighted by Gasteiger charge is 2.23. The van der Waals surface area contributed by atoms with Crippen LogP contribution in [0.15, 0.2) is 35.3 Å². The molecule has 0 radical (unpaired) electrons. The molecule has 1 aromatic rings. The van der Waals surface area contributed by atoms with Crippen molar-refractivity contribution in [2.24, 2.45) is 10.9 Å². The second kappa shape index (κ2) is 9.91. The molecule has 1 fully saturated rings. The van der Waals surface area contributed by atoms with Crippen LogP contribution in [0, 0.1) is 5.92 Å². The predicted molar refractivity (Wildman–Crippen MR) is 101 cm³/mol. The monoisotopic (exact) mass is 346 g/mol. The number of rotatable bonds is 6. The number of amides is 1. The summed E-state index contributed by atoms with van der Waals surface area (Å²) in [4.78, 5) is 18.2. The van der Waals surface area contributed by atoms with E-state index in [0.29, 0.717) is 18.9 Å². The van der Waals surface area contributed by atoms with Gasteiger partial charge in [0, 0.05) is 33.6 Å². The Balaban J connectivity index is 1.74. The van der Waals surface area contributed by atoms with Gasteiger partial charge in [-0.05, 0) is 37.8 Å². The largest absolute Gasteiger partial charge is 0.489 e. The molecule has 1 aliphatic rings. The molecule has 0 saturated carbocycles. The minimum absolute atomic E-state index is 0.0462. The first kappa shape index (κ1) is 19.1. The summed E-state index contributed by atoms with van der Waals surface area (Å²) in [5.41, 5.74) is 0. The molecule has 0 aliphatic carbocycles. The van der Waals surface area contributed by atoms with Crippen molar-refractivity contribution in [2.75, 3.05) is 33.7 Å². The number of carbonyl (C=O) groups is 1. The zero-order chi connectivity index (χ0) is 18.1. The standard InChI is InChI=1S/C19H30N4O2/c1-15(25-17-7-5-4-6-8-17)14-22-19(21-3)23-11-9-16(10-12-23)13-18(24)20-2/h4-8,15-16H,9-14H2,1-3H3,(H,20,24)(H,21,22). The summed E-state index contributed by atoms with van der Waals surface area (Å²) in [6.45, 7) is 4.59. The molecule has 0 spiro atoms. The van der Waals surface area contributed by atoms with Crippen LogP contribution in [0.25, 0.3) is 0 Å². The van der Waals surface area contributed by atoms with E-state index in [9.17, 15) is 4.79 Å². The molecule has 6 nitrogen and oxygen atoms in total. The number of carbonyl (C=O) groups excluding carboxylic acids is 1. The normalized spacial score (nSPS) is 17.1. The highest BCUT2D eigenvalue weighted by Crippen LogP contribution is 2.20. The molecule has 1 aromatic carbocycles. The van der Waals surface area contributed by atoms with E-state index in [1.165, 1.54) is 0 Å². The Kier molecular flexibility index (Phi) is 7.57. The average molecular weight is 346 g/mol. The maximum absolute atomic E-state index is 11.5. The van der Waals surface area contributed by atoms with Crippen LogP contribution in [0.2, 0.25) is 0 Å². The van der Waals surface area contributed by atoms with E-state index in [4.69, 9.17) is 4.74 Å². The Morgan fingerprint density at radius 2 is 2.00 bits per heavy atom. The predicted octanol–water partition coefficient (Wildman–Crippen LogP) is 1.88. The number of hydrogen-bond donors (Lipinski definition) is 2. The van der Waals surface area contributed by atoms with Gasteiger partial charge in [-0.3, -0.25) is 9.79 Å². The number of para-hydroxylation sites is 1. The highest BCUT2D eigenvalue weighted by atomic mass is 16.5. The van der Waals surface area contributed by atoms with Crippen LogP contribution in [0.3, 0.4) is 0 Å². The molecule has 1 aliphatic heterocycles. The van der Waals surface area contributed by atoms with Crippen molar-refractivity contribution in [2.45, 2.75) is 32.3 Å².